The summed E-state index contributed by atoms with van der Waals surface area (Å²) in [6.07, 6.45) is 0.359. The molecular formula is C20H23NO4. The van der Waals surface area contributed by atoms with Gasteiger partial charge in [0.05, 0.1) is 18.9 Å². The van der Waals surface area contributed by atoms with Crippen molar-refractivity contribution in [2.45, 2.75) is 19.9 Å². The Bertz CT molecular complexity index is 697. The predicted octanol–water partition coefficient (Wildman–Crippen LogP) is 2.89. The summed E-state index contributed by atoms with van der Waals surface area (Å²) in [7, 11) is 1.58. The van der Waals surface area contributed by atoms with Crippen molar-refractivity contribution in [3.8, 4) is 5.75 Å². The molecule has 5 nitrogen and oxygen atoms in total. The van der Waals surface area contributed by atoms with Gasteiger partial charge in [-0.25, -0.2) is 0 Å². The first kappa shape index (κ1) is 18.5. The van der Waals surface area contributed by atoms with Gasteiger partial charge in [0.25, 0.3) is 0 Å². The van der Waals surface area contributed by atoms with E-state index in [1.54, 1.807) is 26.2 Å². The van der Waals surface area contributed by atoms with Gasteiger partial charge in [-0.2, -0.15) is 0 Å². The first-order chi connectivity index (χ1) is 12.0. The minimum absolute atomic E-state index is 0.255. The fourth-order valence-corrected chi connectivity index (χ4v) is 2.60. The molecule has 1 amide bonds. The Morgan fingerprint density at radius 2 is 1.68 bits per heavy atom. The van der Waals surface area contributed by atoms with Crippen LogP contribution in [0, 0.1) is 11.8 Å². The molecular weight excluding hydrogens is 318 g/mol. The summed E-state index contributed by atoms with van der Waals surface area (Å²) >= 11 is 0. The molecule has 0 aliphatic rings. The van der Waals surface area contributed by atoms with E-state index in [-0.39, 0.29) is 5.91 Å². The third-order valence-electron chi connectivity index (χ3n) is 4.25. The van der Waals surface area contributed by atoms with Crippen molar-refractivity contribution in [2.24, 2.45) is 11.8 Å². The minimum atomic E-state index is -0.978. The fraction of sp³-hybridized carbons (Fsp3) is 0.300. The molecule has 0 heterocycles. The maximum atomic E-state index is 12.6. The SMILES string of the molecule is COc1ccc(CC(C(=O)NCc2ccccc2)C(C)C(=O)O)cc1. The molecule has 0 radical (unpaired) electrons. The first-order valence-electron chi connectivity index (χ1n) is 8.18. The Morgan fingerprint density at radius 1 is 1.04 bits per heavy atom. The number of amides is 1. The average molecular weight is 341 g/mol. The Hall–Kier alpha value is -2.82. The molecule has 0 bridgehead atoms. The Labute approximate surface area is 147 Å². The van der Waals surface area contributed by atoms with Gasteiger partial charge < -0.3 is 15.2 Å². The average Bonchev–Trinajstić information content (AvgIpc) is 2.64. The molecule has 0 saturated heterocycles. The third kappa shape index (κ3) is 5.35. The van der Waals surface area contributed by atoms with Crippen LogP contribution in [0.4, 0.5) is 0 Å². The van der Waals surface area contributed by atoms with E-state index in [1.807, 2.05) is 42.5 Å². The molecule has 132 valence electrons. The van der Waals surface area contributed by atoms with Crippen molar-refractivity contribution < 1.29 is 19.4 Å². The Balaban J connectivity index is 2.08. The van der Waals surface area contributed by atoms with Gasteiger partial charge in [0.1, 0.15) is 5.75 Å². The minimum Gasteiger partial charge on any atom is -0.497 e. The Morgan fingerprint density at radius 3 is 2.24 bits per heavy atom. The number of carbonyl (C=O) groups is 2. The fourth-order valence-electron chi connectivity index (χ4n) is 2.60. The standard InChI is InChI=1S/C20H23NO4/c1-14(20(23)24)18(12-15-8-10-17(25-2)11-9-15)19(22)21-13-16-6-4-3-5-7-16/h3-11,14,18H,12-13H2,1-2H3,(H,21,22)(H,23,24). The number of carboxylic acid groups (broad SMARTS) is 1. The van der Waals surface area contributed by atoms with E-state index in [4.69, 9.17) is 4.74 Å². The predicted molar refractivity (Wildman–Crippen MR) is 95.3 cm³/mol. The third-order valence-corrected chi connectivity index (χ3v) is 4.25. The lowest BCUT2D eigenvalue weighted by Crippen LogP contribution is -2.37. The normalized spacial score (nSPS) is 12.9. The van der Waals surface area contributed by atoms with Crippen molar-refractivity contribution in [3.05, 3.63) is 65.7 Å². The van der Waals surface area contributed by atoms with Crippen molar-refractivity contribution in [1.29, 1.82) is 0 Å². The van der Waals surface area contributed by atoms with Gasteiger partial charge in [-0.05, 0) is 29.7 Å². The number of methoxy groups -OCH3 is 1. The van der Waals surface area contributed by atoms with Crippen molar-refractivity contribution >= 4 is 11.9 Å². The smallest absolute Gasteiger partial charge is 0.307 e. The van der Waals surface area contributed by atoms with Crippen LogP contribution in [-0.4, -0.2) is 24.1 Å². The number of benzene rings is 2. The van der Waals surface area contributed by atoms with E-state index in [1.165, 1.54) is 0 Å². The zero-order valence-electron chi connectivity index (χ0n) is 14.4. The van der Waals surface area contributed by atoms with Gasteiger partial charge in [-0.15, -0.1) is 0 Å². The molecule has 0 fully saturated rings. The number of hydrogen-bond donors (Lipinski definition) is 2. The van der Waals surface area contributed by atoms with E-state index in [0.717, 1.165) is 16.9 Å². The second kappa shape index (κ2) is 8.87. The van der Waals surface area contributed by atoms with Gasteiger partial charge in [-0.3, -0.25) is 9.59 Å². The number of carbonyl (C=O) groups excluding carboxylic acids is 1. The van der Waals surface area contributed by atoms with Crippen molar-refractivity contribution in [2.75, 3.05) is 7.11 Å². The van der Waals surface area contributed by atoms with Crippen LogP contribution in [0.2, 0.25) is 0 Å². The van der Waals surface area contributed by atoms with Crippen LogP contribution in [0.15, 0.2) is 54.6 Å². The maximum Gasteiger partial charge on any atom is 0.307 e. The van der Waals surface area contributed by atoms with Crippen LogP contribution in [0.5, 0.6) is 5.75 Å². The molecule has 2 rings (SSSR count). The second-order valence-electron chi connectivity index (χ2n) is 5.99. The lowest BCUT2D eigenvalue weighted by atomic mass is 9.87. The largest absolute Gasteiger partial charge is 0.497 e. The Kier molecular flexibility index (Phi) is 6.57. The number of carboxylic acids is 1. The monoisotopic (exact) mass is 341 g/mol. The molecule has 2 N–H and O–H groups in total. The topological polar surface area (TPSA) is 75.6 Å². The first-order valence-corrected chi connectivity index (χ1v) is 8.18. The molecule has 0 aliphatic carbocycles. The molecule has 2 atom stereocenters. The van der Waals surface area contributed by atoms with Crippen LogP contribution >= 0.6 is 0 Å². The molecule has 0 spiro atoms. The van der Waals surface area contributed by atoms with E-state index in [9.17, 15) is 14.7 Å². The van der Waals surface area contributed by atoms with E-state index < -0.39 is 17.8 Å². The van der Waals surface area contributed by atoms with Crippen LogP contribution in [-0.2, 0) is 22.6 Å². The summed E-state index contributed by atoms with van der Waals surface area (Å²) < 4.78 is 5.12. The van der Waals surface area contributed by atoms with Crippen LogP contribution in [0.1, 0.15) is 18.1 Å². The summed E-state index contributed by atoms with van der Waals surface area (Å²) in [5.41, 5.74) is 1.87. The van der Waals surface area contributed by atoms with Gasteiger partial charge >= 0.3 is 5.97 Å². The van der Waals surface area contributed by atoms with Crippen molar-refractivity contribution in [1.82, 2.24) is 5.32 Å². The highest BCUT2D eigenvalue weighted by Gasteiger charge is 2.30. The number of ether oxygens (including phenoxy) is 1. The molecule has 2 aromatic carbocycles. The number of nitrogens with one attached hydrogen (secondary N) is 1. The summed E-state index contributed by atoms with van der Waals surface area (Å²) in [4.78, 5) is 24.0. The maximum absolute atomic E-state index is 12.6. The quantitative estimate of drug-likeness (QED) is 0.774. The number of aliphatic carboxylic acids is 1. The van der Waals surface area contributed by atoms with Gasteiger partial charge in [0, 0.05) is 6.54 Å². The summed E-state index contributed by atoms with van der Waals surface area (Å²) in [5.74, 6) is -1.93. The lowest BCUT2D eigenvalue weighted by Gasteiger charge is -2.20. The van der Waals surface area contributed by atoms with Crippen LogP contribution in [0.25, 0.3) is 0 Å². The molecule has 25 heavy (non-hydrogen) atoms. The summed E-state index contributed by atoms with van der Waals surface area (Å²) in [6.45, 7) is 1.95. The van der Waals surface area contributed by atoms with E-state index in [0.29, 0.717) is 13.0 Å². The van der Waals surface area contributed by atoms with Gasteiger partial charge in [0.2, 0.25) is 5.91 Å². The molecule has 0 saturated carbocycles. The highest BCUT2D eigenvalue weighted by atomic mass is 16.5. The summed E-state index contributed by atoms with van der Waals surface area (Å²) in [5, 5.41) is 12.2. The van der Waals surface area contributed by atoms with Gasteiger partial charge in [-0.1, -0.05) is 49.4 Å². The second-order valence-corrected chi connectivity index (χ2v) is 5.99. The zero-order valence-corrected chi connectivity index (χ0v) is 14.4. The number of hydrogen-bond acceptors (Lipinski definition) is 3. The lowest BCUT2D eigenvalue weighted by molar-refractivity contribution is -0.146. The molecule has 2 unspecified atom stereocenters. The van der Waals surface area contributed by atoms with E-state index >= 15 is 0 Å². The molecule has 5 heteroatoms. The summed E-state index contributed by atoms with van der Waals surface area (Å²) in [6, 6.07) is 16.9. The van der Waals surface area contributed by atoms with Crippen LogP contribution in [0.3, 0.4) is 0 Å². The highest BCUT2D eigenvalue weighted by molar-refractivity contribution is 5.84. The van der Waals surface area contributed by atoms with Gasteiger partial charge in [0.15, 0.2) is 0 Å². The molecule has 0 aliphatic heterocycles. The molecule has 2 aromatic rings. The zero-order chi connectivity index (χ0) is 18.2. The number of rotatable bonds is 8. The highest BCUT2D eigenvalue weighted by Crippen LogP contribution is 2.21. The molecule has 0 aromatic heterocycles. The van der Waals surface area contributed by atoms with E-state index in [2.05, 4.69) is 5.32 Å². The van der Waals surface area contributed by atoms with Crippen molar-refractivity contribution in [3.63, 3.8) is 0 Å². The van der Waals surface area contributed by atoms with Crippen LogP contribution < -0.4 is 10.1 Å².